The second-order valence-corrected chi connectivity index (χ2v) is 8.06. The van der Waals surface area contributed by atoms with E-state index in [0.29, 0.717) is 22.5 Å². The molecule has 2 N–H and O–H groups in total. The zero-order chi connectivity index (χ0) is 21.2. The van der Waals surface area contributed by atoms with E-state index in [1.807, 2.05) is 25.1 Å². The van der Waals surface area contributed by atoms with E-state index in [9.17, 15) is 14.4 Å². The van der Waals surface area contributed by atoms with Gasteiger partial charge in [0.1, 0.15) is 0 Å². The topological polar surface area (TPSA) is 82.3 Å². The average molecular weight is 448 g/mol. The number of carbonyl (C=O) groups is 3. The number of nitrogens with zero attached hydrogens (tertiary/aromatic N) is 1. The number of amides is 1. The molecule has 6 nitrogen and oxygen atoms in total. The Morgan fingerprint density at radius 2 is 1.86 bits per heavy atom. The van der Waals surface area contributed by atoms with E-state index in [-0.39, 0.29) is 24.0 Å². The van der Waals surface area contributed by atoms with E-state index < -0.39 is 6.04 Å². The Kier molecular flexibility index (Phi) is 6.96. The molecule has 0 aliphatic carbocycles. The minimum Gasteiger partial charge on any atom is -0.355 e. The minimum absolute atomic E-state index is 0.0702. The lowest BCUT2D eigenvalue weighted by atomic mass is 10.0. The maximum Gasteiger partial charge on any atom is 0.238 e. The van der Waals surface area contributed by atoms with Crippen molar-refractivity contribution in [1.82, 2.24) is 9.88 Å². The Balaban J connectivity index is 2.08. The van der Waals surface area contributed by atoms with Gasteiger partial charge in [0.2, 0.25) is 5.91 Å². The lowest BCUT2D eigenvalue weighted by molar-refractivity contribution is -0.117. The number of aromatic amines is 1. The first-order chi connectivity index (χ1) is 13.0. The number of hydrogen-bond acceptors (Lipinski definition) is 4. The van der Waals surface area contributed by atoms with Crippen molar-refractivity contribution < 1.29 is 14.4 Å². The number of hydrogen-bond donors (Lipinski definition) is 2. The summed E-state index contributed by atoms with van der Waals surface area (Å²) in [7, 11) is 1.73. The van der Waals surface area contributed by atoms with Gasteiger partial charge in [0, 0.05) is 21.4 Å². The molecule has 2 aromatic rings. The molecule has 1 aromatic heterocycles. The molecule has 0 saturated heterocycles. The van der Waals surface area contributed by atoms with E-state index in [4.69, 9.17) is 0 Å². The van der Waals surface area contributed by atoms with Crippen LogP contribution in [0.5, 0.6) is 0 Å². The molecule has 1 unspecified atom stereocenters. The van der Waals surface area contributed by atoms with Gasteiger partial charge in [0.15, 0.2) is 11.6 Å². The average Bonchev–Trinajstić information content (AvgIpc) is 2.90. The molecule has 0 aliphatic heterocycles. The molecule has 0 fully saturated rings. The second-order valence-electron chi connectivity index (χ2n) is 7.14. The van der Waals surface area contributed by atoms with Crippen molar-refractivity contribution in [2.75, 3.05) is 18.9 Å². The van der Waals surface area contributed by atoms with Crippen LogP contribution in [-0.2, 0) is 4.79 Å². The number of H-pyrrole nitrogens is 1. The Labute approximate surface area is 173 Å². The summed E-state index contributed by atoms with van der Waals surface area (Å²) in [5, 5.41) is 2.88. The number of aromatic nitrogens is 1. The molecule has 28 heavy (non-hydrogen) atoms. The number of halogens is 1. The van der Waals surface area contributed by atoms with Crippen LogP contribution in [0.1, 0.15) is 51.5 Å². The number of rotatable bonds is 7. The molecule has 0 spiro atoms. The van der Waals surface area contributed by atoms with E-state index in [1.165, 1.54) is 6.92 Å². The Morgan fingerprint density at radius 3 is 2.39 bits per heavy atom. The molecule has 0 aliphatic rings. The highest BCUT2D eigenvalue weighted by molar-refractivity contribution is 9.10. The van der Waals surface area contributed by atoms with Crippen molar-refractivity contribution in [3.63, 3.8) is 0 Å². The van der Waals surface area contributed by atoms with Gasteiger partial charge in [-0.3, -0.25) is 19.3 Å². The number of Topliss-reactive ketones (excluding diaryl/α,β-unsaturated/α-hetero) is 2. The smallest absolute Gasteiger partial charge is 0.238 e. The van der Waals surface area contributed by atoms with Crippen molar-refractivity contribution in [1.29, 1.82) is 0 Å². The van der Waals surface area contributed by atoms with Gasteiger partial charge in [-0.05, 0) is 71.0 Å². The molecule has 1 heterocycles. The molecular weight excluding hydrogens is 422 g/mol. The SMILES string of the molecule is CC(=O)c1c(C)[nH]c(C(=O)C(C)N(C)CC(=O)Nc2ccc(Br)cc2C)c1C. The van der Waals surface area contributed by atoms with Gasteiger partial charge in [-0.25, -0.2) is 0 Å². The summed E-state index contributed by atoms with van der Waals surface area (Å²) in [6, 6.07) is 5.10. The van der Waals surface area contributed by atoms with Crippen LogP contribution in [0.15, 0.2) is 22.7 Å². The summed E-state index contributed by atoms with van der Waals surface area (Å²) in [5.74, 6) is -0.421. The van der Waals surface area contributed by atoms with Crippen molar-refractivity contribution in [2.24, 2.45) is 0 Å². The van der Waals surface area contributed by atoms with Gasteiger partial charge in [0.25, 0.3) is 0 Å². The molecule has 0 radical (unpaired) electrons. The van der Waals surface area contributed by atoms with Crippen LogP contribution in [0.25, 0.3) is 0 Å². The second kappa shape index (κ2) is 8.84. The van der Waals surface area contributed by atoms with Gasteiger partial charge < -0.3 is 10.3 Å². The lowest BCUT2D eigenvalue weighted by Crippen LogP contribution is -2.41. The lowest BCUT2D eigenvalue weighted by Gasteiger charge is -2.23. The first-order valence-corrected chi connectivity index (χ1v) is 9.82. The van der Waals surface area contributed by atoms with Crippen LogP contribution < -0.4 is 5.32 Å². The molecular formula is C21H26BrN3O3. The van der Waals surface area contributed by atoms with Crippen molar-refractivity contribution in [2.45, 2.75) is 40.7 Å². The summed E-state index contributed by atoms with van der Waals surface area (Å²) in [6.45, 7) is 8.77. The maximum atomic E-state index is 12.9. The molecule has 1 atom stereocenters. The van der Waals surface area contributed by atoms with Crippen LogP contribution in [0, 0.1) is 20.8 Å². The number of likely N-dealkylation sites (N-methyl/N-ethyl adjacent to an activating group) is 1. The maximum absolute atomic E-state index is 12.9. The van der Waals surface area contributed by atoms with Crippen LogP contribution in [0.2, 0.25) is 0 Å². The summed E-state index contributed by atoms with van der Waals surface area (Å²) < 4.78 is 0.945. The molecule has 1 aromatic carbocycles. The van der Waals surface area contributed by atoms with Gasteiger partial charge in [-0.1, -0.05) is 15.9 Å². The van der Waals surface area contributed by atoms with Crippen molar-refractivity contribution in [3.8, 4) is 0 Å². The van der Waals surface area contributed by atoms with E-state index in [1.54, 1.807) is 32.7 Å². The molecule has 1 amide bonds. The van der Waals surface area contributed by atoms with Crippen LogP contribution in [-0.4, -0.2) is 47.0 Å². The summed E-state index contributed by atoms with van der Waals surface area (Å²) in [5.41, 5.74) is 4.01. The predicted octanol–water partition coefficient (Wildman–Crippen LogP) is 4.05. The highest BCUT2D eigenvalue weighted by Gasteiger charge is 2.26. The van der Waals surface area contributed by atoms with Crippen molar-refractivity contribution in [3.05, 3.63) is 50.8 Å². The highest BCUT2D eigenvalue weighted by atomic mass is 79.9. The van der Waals surface area contributed by atoms with Crippen molar-refractivity contribution >= 4 is 39.1 Å². The van der Waals surface area contributed by atoms with Gasteiger partial charge in [0.05, 0.1) is 18.3 Å². The standard InChI is InChI=1S/C21H26BrN3O3/c1-11-9-16(22)7-8-17(11)24-18(27)10-25(6)14(4)21(28)20-12(2)19(15(5)26)13(3)23-20/h7-9,14,23H,10H2,1-6H3,(H,24,27). The predicted molar refractivity (Wildman–Crippen MR) is 114 cm³/mol. The van der Waals surface area contributed by atoms with Gasteiger partial charge >= 0.3 is 0 Å². The first kappa shape index (κ1) is 22.0. The summed E-state index contributed by atoms with van der Waals surface area (Å²) in [6.07, 6.45) is 0. The third-order valence-electron chi connectivity index (χ3n) is 4.93. The number of benzene rings is 1. The fourth-order valence-corrected chi connectivity index (χ4v) is 3.73. The zero-order valence-electron chi connectivity index (χ0n) is 17.1. The third kappa shape index (κ3) is 4.77. The minimum atomic E-state index is -0.520. The summed E-state index contributed by atoms with van der Waals surface area (Å²) >= 11 is 3.40. The fraction of sp³-hybridized carbons (Fsp3) is 0.381. The number of nitrogens with one attached hydrogen (secondary N) is 2. The quantitative estimate of drug-likeness (QED) is 0.627. The van der Waals surface area contributed by atoms with E-state index in [2.05, 4.69) is 26.2 Å². The fourth-order valence-electron chi connectivity index (χ4n) is 3.25. The van der Waals surface area contributed by atoms with Crippen LogP contribution in [0.3, 0.4) is 0 Å². The van der Waals surface area contributed by atoms with E-state index >= 15 is 0 Å². The Morgan fingerprint density at radius 1 is 1.21 bits per heavy atom. The monoisotopic (exact) mass is 447 g/mol. The van der Waals surface area contributed by atoms with E-state index in [0.717, 1.165) is 15.7 Å². The normalized spacial score (nSPS) is 12.1. The Hall–Kier alpha value is -2.25. The molecule has 0 bridgehead atoms. The van der Waals surface area contributed by atoms with Crippen LogP contribution >= 0.6 is 15.9 Å². The first-order valence-electron chi connectivity index (χ1n) is 9.03. The summed E-state index contributed by atoms with van der Waals surface area (Å²) in [4.78, 5) is 41.8. The third-order valence-corrected chi connectivity index (χ3v) is 5.43. The molecule has 0 saturated carbocycles. The van der Waals surface area contributed by atoms with Gasteiger partial charge in [-0.15, -0.1) is 0 Å². The zero-order valence-corrected chi connectivity index (χ0v) is 18.7. The van der Waals surface area contributed by atoms with Crippen LogP contribution in [0.4, 0.5) is 5.69 Å². The molecule has 2 rings (SSSR count). The number of ketones is 2. The Bertz CT molecular complexity index is 933. The molecule has 7 heteroatoms. The number of aryl methyl sites for hydroxylation is 2. The molecule has 150 valence electrons. The number of carbonyl (C=O) groups excluding carboxylic acids is 3. The largest absolute Gasteiger partial charge is 0.355 e. The van der Waals surface area contributed by atoms with Gasteiger partial charge in [-0.2, -0.15) is 0 Å². The highest BCUT2D eigenvalue weighted by Crippen LogP contribution is 2.22. The number of anilines is 1.